The van der Waals surface area contributed by atoms with Crippen LogP contribution in [0.25, 0.3) is 32.9 Å². The Bertz CT molecular complexity index is 877. The van der Waals surface area contributed by atoms with Crippen LogP contribution in [-0.4, -0.2) is 15.2 Å². The van der Waals surface area contributed by atoms with Crippen LogP contribution in [0.2, 0.25) is 0 Å². The summed E-state index contributed by atoms with van der Waals surface area (Å²) in [5.41, 5.74) is 4.34. The minimum atomic E-state index is 1.02. The van der Waals surface area contributed by atoms with E-state index in [1.807, 2.05) is 42.7 Å². The second kappa shape index (κ2) is 3.92. The number of rotatable bonds is 1. The first-order chi connectivity index (χ1) is 9.42. The average Bonchev–Trinajstić information content (AvgIpc) is 2.95. The average molecular weight is 245 g/mol. The number of hydrogen-bond donors (Lipinski definition) is 1. The van der Waals surface area contributed by atoms with Gasteiger partial charge in [0.05, 0.1) is 17.2 Å². The number of benzene rings is 2. The second-order valence-electron chi connectivity index (χ2n) is 4.55. The Balaban J connectivity index is 2.01. The zero-order valence-electron chi connectivity index (χ0n) is 10.2. The standard InChI is InChI=1S/C16H11N3/c1-2-6-15-11(4-1)8-12(9-17-15)13-5-3-7-16-14(13)10-18-19-16/h1-10H,(H,18,19). The molecule has 0 unspecified atom stereocenters. The maximum atomic E-state index is 4.52. The molecule has 0 atom stereocenters. The summed E-state index contributed by atoms with van der Waals surface area (Å²) in [7, 11) is 0. The van der Waals surface area contributed by atoms with Gasteiger partial charge in [-0.2, -0.15) is 5.10 Å². The van der Waals surface area contributed by atoms with Crippen molar-refractivity contribution >= 4 is 21.8 Å². The number of H-pyrrole nitrogens is 1. The molecule has 0 radical (unpaired) electrons. The van der Waals surface area contributed by atoms with Crippen LogP contribution in [0.5, 0.6) is 0 Å². The van der Waals surface area contributed by atoms with E-state index in [1.165, 1.54) is 0 Å². The van der Waals surface area contributed by atoms with Gasteiger partial charge >= 0.3 is 0 Å². The van der Waals surface area contributed by atoms with E-state index in [1.54, 1.807) is 0 Å². The van der Waals surface area contributed by atoms with Crippen LogP contribution in [-0.2, 0) is 0 Å². The summed E-state index contributed by atoms with van der Waals surface area (Å²) >= 11 is 0. The van der Waals surface area contributed by atoms with Gasteiger partial charge in [0.1, 0.15) is 0 Å². The molecule has 2 aromatic heterocycles. The smallest absolute Gasteiger partial charge is 0.0702 e. The molecule has 0 spiro atoms. The molecule has 0 saturated carbocycles. The van der Waals surface area contributed by atoms with Crippen LogP contribution in [0.1, 0.15) is 0 Å². The third-order valence-corrected chi connectivity index (χ3v) is 3.39. The predicted octanol–water partition coefficient (Wildman–Crippen LogP) is 3.78. The maximum Gasteiger partial charge on any atom is 0.0702 e. The van der Waals surface area contributed by atoms with Crippen LogP contribution >= 0.6 is 0 Å². The maximum absolute atomic E-state index is 4.52. The van der Waals surface area contributed by atoms with Gasteiger partial charge in [-0.25, -0.2) is 0 Å². The summed E-state index contributed by atoms with van der Waals surface area (Å²) in [6, 6.07) is 16.5. The van der Waals surface area contributed by atoms with E-state index in [0.717, 1.165) is 32.9 Å². The molecule has 0 bridgehead atoms. The van der Waals surface area contributed by atoms with E-state index < -0.39 is 0 Å². The molecule has 0 fully saturated rings. The van der Waals surface area contributed by atoms with Crippen LogP contribution in [0.4, 0.5) is 0 Å². The van der Waals surface area contributed by atoms with Crippen molar-refractivity contribution in [2.75, 3.05) is 0 Å². The topological polar surface area (TPSA) is 41.6 Å². The lowest BCUT2D eigenvalue weighted by Crippen LogP contribution is -1.83. The minimum absolute atomic E-state index is 1.02. The minimum Gasteiger partial charge on any atom is -0.278 e. The number of para-hydroxylation sites is 1. The van der Waals surface area contributed by atoms with Gasteiger partial charge in [0.25, 0.3) is 0 Å². The Kier molecular flexibility index (Phi) is 2.12. The van der Waals surface area contributed by atoms with Gasteiger partial charge in [-0.3, -0.25) is 10.1 Å². The predicted molar refractivity (Wildman–Crippen MR) is 76.8 cm³/mol. The van der Waals surface area contributed by atoms with E-state index in [-0.39, 0.29) is 0 Å². The van der Waals surface area contributed by atoms with E-state index in [4.69, 9.17) is 0 Å². The van der Waals surface area contributed by atoms with E-state index >= 15 is 0 Å². The molecule has 1 N–H and O–H groups in total. The molecule has 3 heteroatoms. The number of nitrogens with one attached hydrogen (secondary N) is 1. The van der Waals surface area contributed by atoms with Gasteiger partial charge in [0, 0.05) is 22.5 Å². The number of aromatic amines is 1. The summed E-state index contributed by atoms with van der Waals surface area (Å²) in [5, 5.41) is 9.38. The van der Waals surface area contributed by atoms with Gasteiger partial charge in [0.2, 0.25) is 0 Å². The van der Waals surface area contributed by atoms with Crippen molar-refractivity contribution < 1.29 is 0 Å². The first-order valence-electron chi connectivity index (χ1n) is 6.19. The highest BCUT2D eigenvalue weighted by atomic mass is 15.1. The van der Waals surface area contributed by atoms with Crippen LogP contribution in [0, 0.1) is 0 Å². The fourth-order valence-corrected chi connectivity index (χ4v) is 2.44. The lowest BCUT2D eigenvalue weighted by Gasteiger charge is -2.04. The molecule has 3 nitrogen and oxygen atoms in total. The molecule has 90 valence electrons. The molecule has 4 rings (SSSR count). The highest BCUT2D eigenvalue weighted by Crippen LogP contribution is 2.28. The lowest BCUT2D eigenvalue weighted by atomic mass is 10.0. The van der Waals surface area contributed by atoms with Crippen molar-refractivity contribution in [2.45, 2.75) is 0 Å². The number of aromatic nitrogens is 3. The first-order valence-corrected chi connectivity index (χ1v) is 6.19. The van der Waals surface area contributed by atoms with Gasteiger partial charge in [0.15, 0.2) is 0 Å². The largest absolute Gasteiger partial charge is 0.278 e. The zero-order valence-corrected chi connectivity index (χ0v) is 10.2. The summed E-state index contributed by atoms with van der Waals surface area (Å²) < 4.78 is 0. The molecule has 4 aromatic rings. The zero-order chi connectivity index (χ0) is 12.7. The van der Waals surface area contributed by atoms with Gasteiger partial charge in [-0.15, -0.1) is 0 Å². The molecule has 2 heterocycles. The number of nitrogens with zero attached hydrogens (tertiary/aromatic N) is 2. The third-order valence-electron chi connectivity index (χ3n) is 3.39. The summed E-state index contributed by atoms with van der Waals surface area (Å²) in [6.45, 7) is 0. The molecule has 19 heavy (non-hydrogen) atoms. The fraction of sp³-hybridized carbons (Fsp3) is 0. The Morgan fingerprint density at radius 1 is 0.895 bits per heavy atom. The number of fused-ring (bicyclic) bond motifs is 2. The Morgan fingerprint density at radius 3 is 2.84 bits per heavy atom. The van der Waals surface area contributed by atoms with Crippen LogP contribution in [0.15, 0.2) is 60.9 Å². The highest BCUT2D eigenvalue weighted by Gasteiger charge is 2.06. The highest BCUT2D eigenvalue weighted by molar-refractivity contribution is 5.96. The molecule has 0 aliphatic heterocycles. The lowest BCUT2D eigenvalue weighted by molar-refractivity contribution is 1.12. The van der Waals surface area contributed by atoms with E-state index in [9.17, 15) is 0 Å². The van der Waals surface area contributed by atoms with Crippen molar-refractivity contribution in [2.24, 2.45) is 0 Å². The SMILES string of the molecule is c1ccc2ncc(-c3cccc4[nH]ncc34)cc2c1. The molecule has 2 aromatic carbocycles. The molecule has 0 amide bonds. The molecular weight excluding hydrogens is 234 g/mol. The van der Waals surface area contributed by atoms with Gasteiger partial charge in [-0.1, -0.05) is 30.3 Å². The van der Waals surface area contributed by atoms with Gasteiger partial charge < -0.3 is 0 Å². The van der Waals surface area contributed by atoms with Crippen molar-refractivity contribution in [3.63, 3.8) is 0 Å². The van der Waals surface area contributed by atoms with E-state index in [2.05, 4.69) is 33.4 Å². The Hall–Kier alpha value is -2.68. The van der Waals surface area contributed by atoms with Crippen molar-refractivity contribution in [3.8, 4) is 11.1 Å². The van der Waals surface area contributed by atoms with Crippen molar-refractivity contribution in [1.82, 2.24) is 15.2 Å². The van der Waals surface area contributed by atoms with Gasteiger partial charge in [-0.05, 0) is 23.8 Å². The van der Waals surface area contributed by atoms with Crippen molar-refractivity contribution in [1.29, 1.82) is 0 Å². The van der Waals surface area contributed by atoms with Crippen molar-refractivity contribution in [3.05, 3.63) is 60.9 Å². The normalized spacial score (nSPS) is 11.2. The number of hydrogen-bond acceptors (Lipinski definition) is 2. The summed E-state index contributed by atoms with van der Waals surface area (Å²) in [6.07, 6.45) is 3.78. The van der Waals surface area contributed by atoms with Crippen LogP contribution < -0.4 is 0 Å². The molecular formula is C16H11N3. The first kappa shape index (κ1) is 10.3. The summed E-state index contributed by atoms with van der Waals surface area (Å²) in [5.74, 6) is 0. The van der Waals surface area contributed by atoms with E-state index in [0.29, 0.717) is 0 Å². The van der Waals surface area contributed by atoms with Crippen LogP contribution in [0.3, 0.4) is 0 Å². The summed E-state index contributed by atoms with van der Waals surface area (Å²) in [4.78, 5) is 4.52. The fourth-order valence-electron chi connectivity index (χ4n) is 2.44. The molecule has 0 aliphatic rings. The third kappa shape index (κ3) is 1.59. The number of pyridine rings is 1. The monoisotopic (exact) mass is 245 g/mol. The molecule has 0 aliphatic carbocycles. The Labute approximate surface area is 109 Å². The molecule has 0 saturated heterocycles. The Morgan fingerprint density at radius 2 is 1.84 bits per heavy atom. The quantitative estimate of drug-likeness (QED) is 0.554. The second-order valence-corrected chi connectivity index (χ2v) is 4.55.